The van der Waals surface area contributed by atoms with Crippen molar-refractivity contribution in [2.45, 2.75) is 79.1 Å². The van der Waals surface area contributed by atoms with Crippen LogP contribution in [0.2, 0.25) is 0 Å². The van der Waals surface area contributed by atoms with Crippen molar-refractivity contribution in [3.8, 4) is 0 Å². The lowest BCUT2D eigenvalue weighted by molar-refractivity contribution is -0.929. The summed E-state index contributed by atoms with van der Waals surface area (Å²) in [5.74, 6) is 0. The van der Waals surface area contributed by atoms with Crippen molar-refractivity contribution in [3.05, 3.63) is 0 Å². The number of unbranched alkanes of at least 4 members (excludes halogenated alkanes) is 4. The van der Waals surface area contributed by atoms with Crippen LogP contribution in [0.15, 0.2) is 0 Å². The number of aliphatic hydroxyl groups excluding tert-OH is 1. The highest BCUT2D eigenvalue weighted by Crippen LogP contribution is 2.16. The van der Waals surface area contributed by atoms with E-state index in [1.165, 1.54) is 82.0 Å². The molecule has 0 aliphatic rings. The molecule has 0 saturated heterocycles. The van der Waals surface area contributed by atoms with Crippen molar-refractivity contribution >= 4 is 0 Å². The highest BCUT2D eigenvalue weighted by Gasteiger charge is 2.24. The van der Waals surface area contributed by atoms with E-state index in [0.29, 0.717) is 0 Å². The summed E-state index contributed by atoms with van der Waals surface area (Å²) < 4.78 is 1.42. The number of quaternary nitrogens is 1. The lowest BCUT2D eigenvalue weighted by atomic mass is 10.1. The fourth-order valence-electron chi connectivity index (χ4n) is 2.64. The molecule has 0 radical (unpaired) electrons. The molecule has 0 rings (SSSR count). The molecule has 0 aromatic carbocycles. The molecule has 0 aliphatic carbocycles. The maximum atomic E-state index is 7.00. The SMILES string of the molecule is CCCC[N+](CCCC)(CCCC)CCCC.CO.[F-]. The first kappa shape index (κ1) is 24.8. The molecular weight excluding hydrogens is 253 g/mol. The Bertz CT molecular complexity index is 128. The lowest BCUT2D eigenvalue weighted by Gasteiger charge is -2.39. The molecule has 0 saturated carbocycles. The van der Waals surface area contributed by atoms with E-state index in [-0.39, 0.29) is 4.70 Å². The maximum Gasteiger partial charge on any atom is 0.0786 e. The summed E-state index contributed by atoms with van der Waals surface area (Å²) in [5.41, 5.74) is 0. The largest absolute Gasteiger partial charge is 1.00 e. The number of hydrogen-bond donors (Lipinski definition) is 1. The van der Waals surface area contributed by atoms with Crippen LogP contribution in [0.5, 0.6) is 0 Å². The van der Waals surface area contributed by atoms with Gasteiger partial charge in [-0.25, -0.2) is 0 Å². The zero-order valence-electron chi connectivity index (χ0n) is 14.8. The van der Waals surface area contributed by atoms with Gasteiger partial charge in [-0.2, -0.15) is 0 Å². The van der Waals surface area contributed by atoms with Crippen LogP contribution in [0.1, 0.15) is 79.1 Å². The van der Waals surface area contributed by atoms with E-state index in [2.05, 4.69) is 27.7 Å². The molecule has 3 heteroatoms. The van der Waals surface area contributed by atoms with E-state index >= 15 is 0 Å². The van der Waals surface area contributed by atoms with Crippen LogP contribution in [-0.4, -0.2) is 42.9 Å². The zero-order valence-corrected chi connectivity index (χ0v) is 14.8. The van der Waals surface area contributed by atoms with Crippen molar-refractivity contribution in [3.63, 3.8) is 0 Å². The Morgan fingerprint density at radius 2 is 0.750 bits per heavy atom. The second-order valence-electron chi connectivity index (χ2n) is 5.65. The second kappa shape index (κ2) is 18.9. The molecule has 0 aromatic rings. The zero-order chi connectivity index (χ0) is 15.0. The molecule has 126 valence electrons. The molecule has 20 heavy (non-hydrogen) atoms. The summed E-state index contributed by atoms with van der Waals surface area (Å²) >= 11 is 0. The summed E-state index contributed by atoms with van der Waals surface area (Å²) in [6, 6.07) is 0. The summed E-state index contributed by atoms with van der Waals surface area (Å²) in [5, 5.41) is 7.00. The van der Waals surface area contributed by atoms with Gasteiger partial charge in [0.1, 0.15) is 0 Å². The molecule has 0 aliphatic heterocycles. The fraction of sp³-hybridized carbons (Fsp3) is 1.00. The van der Waals surface area contributed by atoms with Gasteiger partial charge < -0.3 is 14.3 Å². The second-order valence-corrected chi connectivity index (χ2v) is 5.65. The van der Waals surface area contributed by atoms with Crippen molar-refractivity contribution < 1.29 is 14.3 Å². The number of halogens is 1. The third-order valence-corrected chi connectivity index (χ3v) is 3.94. The first-order chi connectivity index (χ1) is 9.24. The van der Waals surface area contributed by atoms with Gasteiger partial charge in [-0.3, -0.25) is 0 Å². The van der Waals surface area contributed by atoms with Crippen LogP contribution in [0.4, 0.5) is 0 Å². The van der Waals surface area contributed by atoms with Gasteiger partial charge in [-0.05, 0) is 25.7 Å². The first-order valence-corrected chi connectivity index (χ1v) is 8.54. The standard InChI is InChI=1S/C16H36N.CH4O.FH/c1-5-9-13-17(14-10-6-2,15-11-7-3)16-12-8-4;1-2;/h5-16H2,1-4H3;2H,1H3;1H/q+1;;/p-1. The predicted molar refractivity (Wildman–Crippen MR) is 87.5 cm³/mol. The Hall–Kier alpha value is -0.150. The summed E-state index contributed by atoms with van der Waals surface area (Å²) in [6.45, 7) is 15.0. The number of hydrogen-bond acceptors (Lipinski definition) is 1. The van der Waals surface area contributed by atoms with E-state index in [4.69, 9.17) is 5.11 Å². The summed E-state index contributed by atoms with van der Waals surface area (Å²) in [4.78, 5) is 0. The van der Waals surface area contributed by atoms with E-state index in [1.54, 1.807) is 0 Å². The minimum absolute atomic E-state index is 0. The predicted octanol–water partition coefficient (Wildman–Crippen LogP) is 1.62. The monoisotopic (exact) mass is 293 g/mol. The Balaban J connectivity index is -0.000000916. The van der Waals surface area contributed by atoms with Crippen molar-refractivity contribution in [1.29, 1.82) is 0 Å². The molecule has 0 aromatic heterocycles. The smallest absolute Gasteiger partial charge is 0.0786 e. The number of nitrogens with zero attached hydrogens (tertiary/aromatic N) is 1. The fourth-order valence-corrected chi connectivity index (χ4v) is 2.64. The number of aliphatic hydroxyl groups is 1. The van der Waals surface area contributed by atoms with Crippen molar-refractivity contribution in [1.82, 2.24) is 0 Å². The van der Waals surface area contributed by atoms with Crippen molar-refractivity contribution in [2.75, 3.05) is 33.3 Å². The number of rotatable bonds is 12. The molecule has 0 unspecified atom stereocenters. The van der Waals surface area contributed by atoms with Gasteiger partial charge in [0.25, 0.3) is 0 Å². The Kier molecular flexibility index (Phi) is 23.4. The van der Waals surface area contributed by atoms with Crippen molar-refractivity contribution in [2.24, 2.45) is 0 Å². The highest BCUT2D eigenvalue weighted by atomic mass is 19.0. The molecule has 2 nitrogen and oxygen atoms in total. The third kappa shape index (κ3) is 12.9. The average molecular weight is 294 g/mol. The van der Waals surface area contributed by atoms with Crippen LogP contribution in [0.3, 0.4) is 0 Å². The molecule has 0 fully saturated rings. The van der Waals surface area contributed by atoms with Gasteiger partial charge in [0.05, 0.1) is 26.2 Å². The molecule has 0 spiro atoms. The van der Waals surface area contributed by atoms with Crippen LogP contribution in [0, 0.1) is 0 Å². The van der Waals surface area contributed by atoms with E-state index < -0.39 is 0 Å². The molecule has 0 atom stereocenters. The van der Waals surface area contributed by atoms with Gasteiger partial charge in [0.2, 0.25) is 0 Å². The van der Waals surface area contributed by atoms with Gasteiger partial charge >= 0.3 is 0 Å². The molecule has 1 N–H and O–H groups in total. The maximum absolute atomic E-state index is 7.00. The van der Waals surface area contributed by atoms with Gasteiger partial charge in [0, 0.05) is 7.11 Å². The van der Waals surface area contributed by atoms with Crippen LogP contribution < -0.4 is 4.70 Å². The Labute approximate surface area is 127 Å². The summed E-state index contributed by atoms with van der Waals surface area (Å²) in [7, 11) is 1.00. The average Bonchev–Trinajstić information content (AvgIpc) is 2.48. The van der Waals surface area contributed by atoms with Crippen LogP contribution in [-0.2, 0) is 0 Å². The quantitative estimate of drug-likeness (QED) is 0.542. The minimum atomic E-state index is 0. The van der Waals surface area contributed by atoms with Crippen LogP contribution in [0.25, 0.3) is 0 Å². The lowest BCUT2D eigenvalue weighted by Crippen LogP contribution is -3.00. The molecule has 0 bridgehead atoms. The van der Waals surface area contributed by atoms with E-state index in [0.717, 1.165) is 7.11 Å². The Morgan fingerprint density at radius 3 is 0.900 bits per heavy atom. The van der Waals surface area contributed by atoms with E-state index in [1.807, 2.05) is 0 Å². The normalized spacial score (nSPS) is 10.5. The molecular formula is C17H40FNO. The first-order valence-electron chi connectivity index (χ1n) is 8.54. The van der Waals surface area contributed by atoms with Crippen LogP contribution >= 0.6 is 0 Å². The molecule has 0 heterocycles. The van der Waals surface area contributed by atoms with E-state index in [9.17, 15) is 0 Å². The van der Waals surface area contributed by atoms with Gasteiger partial charge in [-0.1, -0.05) is 53.4 Å². The third-order valence-electron chi connectivity index (χ3n) is 3.94. The van der Waals surface area contributed by atoms with Gasteiger partial charge in [0.15, 0.2) is 0 Å². The topological polar surface area (TPSA) is 20.2 Å². The minimum Gasteiger partial charge on any atom is -1.00 e. The summed E-state index contributed by atoms with van der Waals surface area (Å²) in [6.07, 6.45) is 11.1. The Morgan fingerprint density at radius 1 is 0.550 bits per heavy atom. The molecule has 0 amide bonds. The van der Waals surface area contributed by atoms with Gasteiger partial charge in [-0.15, -0.1) is 0 Å². The highest BCUT2D eigenvalue weighted by molar-refractivity contribution is 4.49.